The van der Waals surface area contributed by atoms with Gasteiger partial charge in [0.05, 0.1) is 5.69 Å². The van der Waals surface area contributed by atoms with Gasteiger partial charge >= 0.3 is 6.09 Å². The number of carbonyl (C=O) groups is 3. The maximum absolute atomic E-state index is 13.9. The van der Waals surface area contributed by atoms with Crippen LogP contribution in [0.25, 0.3) is 0 Å². The zero-order valence-electron chi connectivity index (χ0n) is 22.2. The molecule has 1 N–H and O–H groups in total. The van der Waals surface area contributed by atoms with Crippen molar-refractivity contribution >= 4 is 29.3 Å². The second-order valence-electron chi connectivity index (χ2n) is 10.6. The molecular weight excluding hydrogens is 480 g/mol. The first-order chi connectivity index (χ1) is 18.4. The van der Waals surface area contributed by atoms with E-state index in [1.807, 2.05) is 67.3 Å². The van der Waals surface area contributed by atoms with Crippen LogP contribution in [0.5, 0.6) is 0 Å². The minimum Gasteiger partial charge on any atom is -0.445 e. The lowest BCUT2D eigenvalue weighted by atomic mass is 9.84. The number of amides is 3. The number of nitrogens with one attached hydrogen (secondary N) is 1. The van der Waals surface area contributed by atoms with E-state index in [1.165, 1.54) is 30.6 Å². The van der Waals surface area contributed by atoms with E-state index in [0.717, 1.165) is 29.8 Å². The topological polar surface area (TPSA) is 91.3 Å². The van der Waals surface area contributed by atoms with Gasteiger partial charge < -0.3 is 9.64 Å². The molecule has 1 aliphatic carbocycles. The average molecular weight is 517 g/mol. The Morgan fingerprint density at radius 3 is 2.34 bits per heavy atom. The largest absolute Gasteiger partial charge is 0.445 e. The van der Waals surface area contributed by atoms with Crippen molar-refractivity contribution in [3.63, 3.8) is 0 Å². The predicted octanol–water partition coefficient (Wildman–Crippen LogP) is 4.44. The molecule has 1 saturated carbocycles. The van der Waals surface area contributed by atoms with Crippen LogP contribution in [-0.4, -0.2) is 54.3 Å². The third-order valence-corrected chi connectivity index (χ3v) is 7.98. The Kier molecular flexibility index (Phi) is 7.77. The van der Waals surface area contributed by atoms with Crippen LogP contribution in [-0.2, 0) is 20.9 Å². The number of nitrogens with zero attached hydrogens (tertiary/aromatic N) is 3. The summed E-state index contributed by atoms with van der Waals surface area (Å²) in [4.78, 5) is 48.4. The first-order valence-corrected chi connectivity index (χ1v) is 13.7. The monoisotopic (exact) mass is 516 g/mol. The summed E-state index contributed by atoms with van der Waals surface area (Å²) in [6.07, 6.45) is 3.33. The molecule has 3 aliphatic heterocycles. The van der Waals surface area contributed by atoms with Crippen LogP contribution in [0, 0.1) is 18.8 Å². The second-order valence-corrected chi connectivity index (χ2v) is 10.6. The lowest BCUT2D eigenvalue weighted by Crippen LogP contribution is -2.51. The van der Waals surface area contributed by atoms with Crippen LogP contribution in [0.1, 0.15) is 55.7 Å². The lowest BCUT2D eigenvalue weighted by molar-refractivity contribution is -0.132. The number of aryl methyl sites for hydroxylation is 1. The highest BCUT2D eigenvalue weighted by Crippen LogP contribution is 2.35. The molecule has 3 fully saturated rings. The molecule has 8 heteroatoms. The van der Waals surface area contributed by atoms with Crippen LogP contribution in [0.2, 0.25) is 0 Å². The summed E-state index contributed by atoms with van der Waals surface area (Å²) in [5, 5.41) is 2.65. The van der Waals surface area contributed by atoms with Gasteiger partial charge in [0.15, 0.2) is 0 Å². The summed E-state index contributed by atoms with van der Waals surface area (Å²) in [6, 6.07) is 15.1. The fourth-order valence-corrected chi connectivity index (χ4v) is 5.93. The zero-order valence-corrected chi connectivity index (χ0v) is 22.2. The molecule has 1 atom stereocenters. The molecule has 0 spiro atoms. The molecule has 38 heavy (non-hydrogen) atoms. The number of hydrogen-bond acceptors (Lipinski definition) is 5. The van der Waals surface area contributed by atoms with Crippen molar-refractivity contribution in [3.05, 3.63) is 65.2 Å². The lowest BCUT2D eigenvalue weighted by Gasteiger charge is -2.30. The maximum Gasteiger partial charge on any atom is 0.409 e. The summed E-state index contributed by atoms with van der Waals surface area (Å²) in [6.45, 7) is 5.40. The van der Waals surface area contributed by atoms with E-state index in [4.69, 9.17) is 4.74 Å². The Morgan fingerprint density at radius 2 is 1.68 bits per heavy atom. The van der Waals surface area contributed by atoms with Gasteiger partial charge in [-0.15, -0.1) is 0 Å². The van der Waals surface area contributed by atoms with Crippen molar-refractivity contribution in [2.24, 2.45) is 16.8 Å². The summed E-state index contributed by atoms with van der Waals surface area (Å²) in [7, 11) is 0. The number of fused-ring (bicyclic) bond motifs is 5. The first kappa shape index (κ1) is 25.9. The smallest absolute Gasteiger partial charge is 0.409 e. The number of ether oxygens (including phenoxy) is 1. The number of benzodiazepines with no additional fused rings is 1. The minimum absolute atomic E-state index is 0.0586. The highest BCUT2D eigenvalue weighted by molar-refractivity contribution is 6.14. The van der Waals surface area contributed by atoms with E-state index >= 15 is 0 Å². The molecule has 0 aromatic heterocycles. The number of alkyl carbamates (subject to hydrolysis) is 1. The summed E-state index contributed by atoms with van der Waals surface area (Å²) in [5.41, 5.74) is 3.92. The average Bonchev–Trinajstić information content (AvgIpc) is 3.31. The third kappa shape index (κ3) is 5.59. The Hall–Kier alpha value is -3.68. The zero-order chi connectivity index (χ0) is 26.6. The quantitative estimate of drug-likeness (QED) is 0.615. The predicted molar refractivity (Wildman–Crippen MR) is 146 cm³/mol. The van der Waals surface area contributed by atoms with E-state index in [0.29, 0.717) is 29.7 Å². The van der Waals surface area contributed by atoms with Gasteiger partial charge in [-0.2, -0.15) is 0 Å². The van der Waals surface area contributed by atoms with E-state index in [9.17, 15) is 14.4 Å². The molecule has 2 bridgehead atoms. The molecule has 0 unspecified atom stereocenters. The SMILES string of the molecule is CCC1=N[C@H](NC(=O)OCc2ccccc2)C(=O)N(CC(=O)N2CC3CCC(CC3)C2)c2c(C)cccc21. The molecule has 0 radical (unpaired) electrons. The fourth-order valence-electron chi connectivity index (χ4n) is 5.93. The van der Waals surface area contributed by atoms with Gasteiger partial charge in [-0.25, -0.2) is 4.79 Å². The Morgan fingerprint density at radius 1 is 1.00 bits per heavy atom. The van der Waals surface area contributed by atoms with E-state index in [-0.39, 0.29) is 19.1 Å². The fraction of sp³-hybridized carbons (Fsp3) is 0.467. The molecule has 3 amide bonds. The summed E-state index contributed by atoms with van der Waals surface area (Å²) >= 11 is 0. The van der Waals surface area contributed by atoms with E-state index in [1.54, 1.807) is 0 Å². The molecule has 6 rings (SSSR count). The highest BCUT2D eigenvalue weighted by atomic mass is 16.5. The number of rotatable bonds is 6. The van der Waals surface area contributed by atoms with Crippen LogP contribution < -0.4 is 10.2 Å². The van der Waals surface area contributed by atoms with E-state index < -0.39 is 18.2 Å². The maximum atomic E-state index is 13.9. The molecular formula is C30H36N4O4. The normalized spacial score (nSPS) is 22.7. The van der Waals surface area contributed by atoms with Crippen molar-refractivity contribution in [3.8, 4) is 0 Å². The van der Waals surface area contributed by atoms with Gasteiger partial charge in [0.1, 0.15) is 13.2 Å². The van der Waals surface area contributed by atoms with Gasteiger partial charge in [-0.05, 0) is 62.0 Å². The number of benzene rings is 2. The number of hydrogen-bond donors (Lipinski definition) is 1. The van der Waals surface area contributed by atoms with Gasteiger partial charge in [-0.3, -0.25) is 24.8 Å². The molecule has 3 heterocycles. The van der Waals surface area contributed by atoms with Crippen molar-refractivity contribution < 1.29 is 19.1 Å². The Bertz CT molecular complexity index is 1210. The van der Waals surface area contributed by atoms with Gasteiger partial charge in [0, 0.05) is 24.4 Å². The van der Waals surface area contributed by atoms with Gasteiger partial charge in [0.2, 0.25) is 12.1 Å². The van der Waals surface area contributed by atoms with Crippen LogP contribution in [0.3, 0.4) is 0 Å². The van der Waals surface area contributed by atoms with Gasteiger partial charge in [0.25, 0.3) is 5.91 Å². The van der Waals surface area contributed by atoms with Crippen molar-refractivity contribution in [1.29, 1.82) is 0 Å². The number of carbonyl (C=O) groups excluding carboxylic acids is 3. The molecule has 2 aromatic rings. The van der Waals surface area contributed by atoms with Crippen LogP contribution in [0.4, 0.5) is 10.5 Å². The summed E-state index contributed by atoms with van der Waals surface area (Å²) < 4.78 is 5.38. The van der Waals surface area contributed by atoms with Crippen molar-refractivity contribution in [1.82, 2.24) is 10.2 Å². The Labute approximate surface area is 224 Å². The number of para-hydroxylation sites is 1. The highest BCUT2D eigenvalue weighted by Gasteiger charge is 2.37. The molecule has 4 aliphatic rings. The molecule has 8 nitrogen and oxygen atoms in total. The standard InChI is InChI=1S/C30H36N4O4/c1-3-25-24-11-7-8-20(2)27(24)34(18-26(35)33-16-21-12-13-22(17-33)15-14-21)29(36)28(31-25)32-30(37)38-19-23-9-5-4-6-10-23/h4-11,21-22,28H,3,12-19H2,1-2H3,(H,32,37)/t21?,22?,28-/m1/s1. The van der Waals surface area contributed by atoms with Crippen LogP contribution >= 0.6 is 0 Å². The minimum atomic E-state index is -1.19. The second kappa shape index (κ2) is 11.4. The number of anilines is 1. The van der Waals surface area contributed by atoms with E-state index in [2.05, 4.69) is 10.3 Å². The van der Waals surface area contributed by atoms with Crippen molar-refractivity contribution in [2.75, 3.05) is 24.5 Å². The van der Waals surface area contributed by atoms with Crippen molar-refractivity contribution in [2.45, 2.75) is 58.7 Å². The third-order valence-electron chi connectivity index (χ3n) is 7.98. The molecule has 2 saturated heterocycles. The number of aliphatic imine (C=N–C) groups is 1. The van der Waals surface area contributed by atoms with Gasteiger partial charge in [-0.1, -0.05) is 55.5 Å². The summed E-state index contributed by atoms with van der Waals surface area (Å²) in [5.74, 6) is 0.578. The molecule has 2 aromatic carbocycles. The van der Waals surface area contributed by atoms with Crippen LogP contribution in [0.15, 0.2) is 53.5 Å². The first-order valence-electron chi connectivity index (χ1n) is 13.7. The molecule has 200 valence electrons. The Balaban J connectivity index is 1.39.